The van der Waals surface area contributed by atoms with E-state index in [1.165, 1.54) is 58.4 Å². The van der Waals surface area contributed by atoms with Crippen LogP contribution in [0.1, 0.15) is 104 Å². The SMILES string of the molecule is CC1(C)CCC(C)(C)c2c1nc1c3c2Oc2cc4c(cc2B3c2ccccc2N1c1ccccc1)B1c2sc3ccccc3c2N(c2csc3ccccc23)c2nc3c(c(c21)O4)C(C)(C)CCC3(C)C. The summed E-state index contributed by atoms with van der Waals surface area (Å²) in [5.74, 6) is 5.63. The second kappa shape index (κ2) is 13.7. The van der Waals surface area contributed by atoms with Crippen LogP contribution in [0.25, 0.3) is 20.2 Å². The third-order valence-electron chi connectivity index (χ3n) is 17.2. The van der Waals surface area contributed by atoms with E-state index >= 15 is 0 Å². The normalized spacial score (nSPS) is 18.6. The van der Waals surface area contributed by atoms with E-state index in [0.717, 1.165) is 99.5 Å². The largest absolute Gasteiger partial charge is 0.458 e. The maximum atomic E-state index is 7.73. The summed E-state index contributed by atoms with van der Waals surface area (Å²) in [5.41, 5.74) is 14.7. The van der Waals surface area contributed by atoms with Crippen LogP contribution in [-0.2, 0) is 21.7 Å². The number of fused-ring (bicyclic) bond motifs is 15. The third-order valence-corrected chi connectivity index (χ3v) is 19.4. The van der Waals surface area contributed by atoms with Crippen molar-refractivity contribution >= 4 is 123 Å². The molecular weight excluding hydrogens is 894 g/mol. The fraction of sp³-hybridized carbons (Fsp3) is 0.267. The molecule has 0 saturated heterocycles. The van der Waals surface area contributed by atoms with Crippen molar-refractivity contribution in [3.63, 3.8) is 0 Å². The highest BCUT2D eigenvalue weighted by Crippen LogP contribution is 2.56. The average molecular weight is 947 g/mol. The molecule has 0 unspecified atom stereocenters. The molecule has 6 nitrogen and oxygen atoms in total. The molecule has 2 aliphatic carbocycles. The Hall–Kier alpha value is -6.35. The van der Waals surface area contributed by atoms with Crippen LogP contribution in [0, 0.1) is 0 Å². The van der Waals surface area contributed by atoms with Gasteiger partial charge in [0.15, 0.2) is 0 Å². The van der Waals surface area contributed by atoms with Crippen LogP contribution in [0.3, 0.4) is 0 Å². The fourth-order valence-electron chi connectivity index (χ4n) is 13.4. The first kappa shape index (κ1) is 41.4. The molecule has 0 atom stereocenters. The minimum absolute atomic E-state index is 0.129. The Kier molecular flexibility index (Phi) is 8.13. The first-order valence-electron chi connectivity index (χ1n) is 25.1. The Morgan fingerprint density at radius 3 is 1.74 bits per heavy atom. The number of pyridine rings is 2. The van der Waals surface area contributed by atoms with Gasteiger partial charge < -0.3 is 9.47 Å². The first-order chi connectivity index (χ1) is 33.7. The summed E-state index contributed by atoms with van der Waals surface area (Å²) in [5, 5.41) is 4.83. The molecule has 0 radical (unpaired) electrons. The molecule has 8 heterocycles. The van der Waals surface area contributed by atoms with E-state index in [9.17, 15) is 0 Å². The van der Waals surface area contributed by atoms with Gasteiger partial charge in [0.1, 0.15) is 34.6 Å². The molecular formula is C60H52B2N4O2S2. The number of ether oxygens (including phenoxy) is 2. The van der Waals surface area contributed by atoms with Crippen LogP contribution in [0.4, 0.5) is 34.4 Å². The van der Waals surface area contributed by atoms with Crippen LogP contribution in [0.2, 0.25) is 0 Å². The van der Waals surface area contributed by atoms with Crippen molar-refractivity contribution in [2.24, 2.45) is 0 Å². The van der Waals surface area contributed by atoms with Crippen LogP contribution in [0.5, 0.6) is 23.0 Å². The van der Waals surface area contributed by atoms with Gasteiger partial charge in [-0.3, -0.25) is 9.80 Å². The summed E-state index contributed by atoms with van der Waals surface area (Å²) >= 11 is 3.73. The first-order valence-corrected chi connectivity index (χ1v) is 26.8. The molecule has 4 aliphatic heterocycles. The zero-order valence-corrected chi connectivity index (χ0v) is 42.6. The van der Waals surface area contributed by atoms with Gasteiger partial charge in [0, 0.05) is 80.7 Å². The Labute approximate surface area is 418 Å². The molecule has 0 fully saturated rings. The van der Waals surface area contributed by atoms with Gasteiger partial charge in [-0.15, -0.1) is 22.7 Å². The summed E-state index contributed by atoms with van der Waals surface area (Å²) in [6.45, 7) is 18.8. The Morgan fingerprint density at radius 1 is 0.514 bits per heavy atom. The Balaban J connectivity index is 1.04. The van der Waals surface area contributed by atoms with E-state index in [2.05, 4.69) is 186 Å². The number of anilines is 6. The second-order valence-corrected chi connectivity index (χ2v) is 25.3. The molecule has 15 rings (SSSR count). The summed E-state index contributed by atoms with van der Waals surface area (Å²) < 4.78 is 19.2. The maximum Gasteiger partial charge on any atom is 0.271 e. The minimum Gasteiger partial charge on any atom is -0.458 e. The predicted octanol–water partition coefficient (Wildman–Crippen LogP) is 12.4. The van der Waals surface area contributed by atoms with Gasteiger partial charge in [-0.05, 0) is 83.2 Å². The lowest BCUT2D eigenvalue weighted by molar-refractivity contribution is 0.311. The second-order valence-electron chi connectivity index (χ2n) is 23.3. The van der Waals surface area contributed by atoms with Crippen molar-refractivity contribution < 1.29 is 9.47 Å². The molecule has 0 bridgehead atoms. The highest BCUT2D eigenvalue weighted by Gasteiger charge is 2.54. The molecule has 4 aromatic heterocycles. The summed E-state index contributed by atoms with van der Waals surface area (Å²) in [4.78, 5) is 16.8. The minimum atomic E-state index is -0.162. The summed E-state index contributed by atoms with van der Waals surface area (Å²) in [6, 6.07) is 42.4. The van der Waals surface area contributed by atoms with Crippen molar-refractivity contribution in [3.05, 3.63) is 143 Å². The van der Waals surface area contributed by atoms with Crippen molar-refractivity contribution in [3.8, 4) is 23.0 Å². The molecule has 5 aromatic carbocycles. The number of hydrogen-bond donors (Lipinski definition) is 0. The molecule has 342 valence electrons. The van der Waals surface area contributed by atoms with E-state index in [0.29, 0.717) is 0 Å². The van der Waals surface area contributed by atoms with E-state index < -0.39 is 0 Å². The zero-order valence-electron chi connectivity index (χ0n) is 41.0. The van der Waals surface area contributed by atoms with E-state index in [-0.39, 0.29) is 35.1 Å². The lowest BCUT2D eigenvalue weighted by Gasteiger charge is -2.47. The van der Waals surface area contributed by atoms with Crippen molar-refractivity contribution in [2.45, 2.75) is 103 Å². The van der Waals surface area contributed by atoms with Crippen molar-refractivity contribution in [1.29, 1.82) is 0 Å². The van der Waals surface area contributed by atoms with Crippen molar-refractivity contribution in [1.82, 2.24) is 9.97 Å². The predicted molar refractivity (Wildman–Crippen MR) is 295 cm³/mol. The smallest absolute Gasteiger partial charge is 0.271 e. The number of nitrogens with zero attached hydrogens (tertiary/aromatic N) is 4. The van der Waals surface area contributed by atoms with E-state index in [1.807, 2.05) is 22.7 Å². The van der Waals surface area contributed by atoms with Gasteiger partial charge in [-0.2, -0.15) is 0 Å². The van der Waals surface area contributed by atoms with Gasteiger partial charge in [-0.25, -0.2) is 9.97 Å². The van der Waals surface area contributed by atoms with Crippen LogP contribution >= 0.6 is 22.7 Å². The highest BCUT2D eigenvalue weighted by molar-refractivity contribution is 7.33. The monoisotopic (exact) mass is 946 g/mol. The van der Waals surface area contributed by atoms with Crippen LogP contribution in [-0.4, -0.2) is 23.4 Å². The highest BCUT2D eigenvalue weighted by atomic mass is 32.1. The molecule has 0 spiro atoms. The molecule has 6 aliphatic rings. The number of para-hydroxylation sites is 2. The van der Waals surface area contributed by atoms with Gasteiger partial charge in [-0.1, -0.05) is 134 Å². The van der Waals surface area contributed by atoms with Crippen LogP contribution < -0.4 is 51.4 Å². The number of rotatable bonds is 2. The molecule has 0 amide bonds. The van der Waals surface area contributed by atoms with Gasteiger partial charge in [0.2, 0.25) is 0 Å². The number of benzene rings is 5. The third kappa shape index (κ3) is 5.36. The quantitative estimate of drug-likeness (QED) is 0.161. The summed E-state index contributed by atoms with van der Waals surface area (Å²) in [6.07, 6.45) is 4.20. The molecule has 10 heteroatoms. The van der Waals surface area contributed by atoms with E-state index in [1.54, 1.807) is 0 Å². The standard InChI is InChI=1S/C60H52B2N4O2S2/c1-57(2)26-28-59(5,6)52-45(57)50-47-55(63-52)65(33-18-10-9-11-19-33)39-23-15-14-22-36(39)61(47)37-30-38-42(31-41(37)67-50)68-51-46-53(60(7,8)29-27-58(46,3)4)64-56-48(51)62(38)54-49(35-21-13-17-25-44(35)70-54)66(56)40-32-69-43-24-16-12-20-34(40)43/h9-25,30-32H,26-29H2,1-8H3. The van der Waals surface area contributed by atoms with Crippen LogP contribution in [0.15, 0.2) is 121 Å². The number of aromatic nitrogens is 2. The average Bonchev–Trinajstić information content (AvgIpc) is 3.96. The summed E-state index contributed by atoms with van der Waals surface area (Å²) in [7, 11) is 0. The molecule has 0 N–H and O–H groups in total. The molecule has 9 aromatic rings. The Bertz CT molecular complexity index is 3800. The van der Waals surface area contributed by atoms with Gasteiger partial charge in [0.05, 0.1) is 22.8 Å². The maximum absolute atomic E-state index is 7.73. The van der Waals surface area contributed by atoms with Crippen molar-refractivity contribution in [2.75, 3.05) is 9.80 Å². The molecule has 0 saturated carbocycles. The topological polar surface area (TPSA) is 50.7 Å². The number of thiophene rings is 2. The van der Waals surface area contributed by atoms with E-state index in [4.69, 9.17) is 19.4 Å². The number of hydrogen-bond acceptors (Lipinski definition) is 8. The van der Waals surface area contributed by atoms with Gasteiger partial charge in [0.25, 0.3) is 13.4 Å². The Morgan fingerprint density at radius 2 is 1.06 bits per heavy atom. The van der Waals surface area contributed by atoms with Gasteiger partial charge >= 0.3 is 0 Å². The molecule has 70 heavy (non-hydrogen) atoms. The zero-order chi connectivity index (χ0) is 47.4. The fourth-order valence-corrected chi connectivity index (χ4v) is 15.6. The lowest BCUT2D eigenvalue weighted by atomic mass is 9.32. The lowest BCUT2D eigenvalue weighted by Crippen LogP contribution is -2.64.